The van der Waals surface area contributed by atoms with Gasteiger partial charge in [0.2, 0.25) is 5.88 Å². The minimum atomic E-state index is -0.565. The predicted octanol–water partition coefficient (Wildman–Crippen LogP) is 5.12. The molecule has 4 rings (SSSR count). The van der Waals surface area contributed by atoms with Gasteiger partial charge in [-0.2, -0.15) is 5.10 Å². The second kappa shape index (κ2) is 10.8. The highest BCUT2D eigenvalue weighted by Crippen LogP contribution is 2.35. The lowest BCUT2D eigenvalue weighted by atomic mass is 10.2. The van der Waals surface area contributed by atoms with Crippen LogP contribution in [0.4, 0.5) is 0 Å². The maximum absolute atomic E-state index is 10.7. The van der Waals surface area contributed by atoms with Gasteiger partial charge in [-0.05, 0) is 76.9 Å². The molecule has 1 atom stereocenters. The topological polar surface area (TPSA) is 69.0 Å². The average molecular weight is 480 g/mol. The molecule has 0 amide bonds. The van der Waals surface area contributed by atoms with Gasteiger partial charge in [-0.3, -0.25) is 4.90 Å². The Hall–Kier alpha value is -2.87. The second-order valence-electron chi connectivity index (χ2n) is 10.1. The fraction of sp³-hybridized carbons (Fsp3) is 0.464. The van der Waals surface area contributed by atoms with E-state index in [1.165, 1.54) is 0 Å². The second-order valence-corrected chi connectivity index (χ2v) is 10.1. The van der Waals surface area contributed by atoms with Crippen LogP contribution >= 0.6 is 0 Å². The van der Waals surface area contributed by atoms with E-state index in [0.29, 0.717) is 37.4 Å². The Labute approximate surface area is 208 Å². The summed E-state index contributed by atoms with van der Waals surface area (Å²) in [4.78, 5) is 2.33. The number of aliphatic hydroxyl groups excluding tert-OH is 1. The SMILES string of the molecule is COc1ccc(Oc2c(CN(C[C@@H](O)COC(C)(C)C)C3CC3)c(C)nn2-c2ccccc2)cc1. The van der Waals surface area contributed by atoms with Gasteiger partial charge >= 0.3 is 0 Å². The standard InChI is InChI=1S/C28H37N3O4/c1-20-26(18-30(21-11-12-21)17-23(32)19-34-28(2,3)4)27(31(29-20)22-9-7-6-8-10-22)35-25-15-13-24(33-5)14-16-25/h6-10,13-16,21,23,32H,11-12,17-19H2,1-5H3/t23-/m1/s1. The molecule has 2 aromatic carbocycles. The molecule has 188 valence electrons. The van der Waals surface area contributed by atoms with Gasteiger partial charge < -0.3 is 19.3 Å². The number of ether oxygens (including phenoxy) is 3. The maximum atomic E-state index is 10.7. The molecule has 35 heavy (non-hydrogen) atoms. The van der Waals surface area contributed by atoms with E-state index in [4.69, 9.17) is 19.3 Å². The number of aliphatic hydroxyl groups is 1. The largest absolute Gasteiger partial charge is 0.497 e. The summed E-state index contributed by atoms with van der Waals surface area (Å²) in [6, 6.07) is 18.0. The van der Waals surface area contributed by atoms with Crippen LogP contribution in [0.1, 0.15) is 44.9 Å². The number of nitrogens with zero attached hydrogens (tertiary/aromatic N) is 3. The first-order chi connectivity index (χ1) is 16.7. The van der Waals surface area contributed by atoms with Crippen molar-refractivity contribution in [2.45, 2.75) is 64.8 Å². The normalized spacial score (nSPS) is 14.8. The fourth-order valence-corrected chi connectivity index (χ4v) is 3.98. The van der Waals surface area contributed by atoms with Crippen molar-refractivity contribution in [3.63, 3.8) is 0 Å². The Morgan fingerprint density at radius 2 is 1.71 bits per heavy atom. The van der Waals surface area contributed by atoms with E-state index in [9.17, 15) is 5.11 Å². The van der Waals surface area contributed by atoms with Gasteiger partial charge in [0.15, 0.2) is 0 Å². The lowest BCUT2D eigenvalue weighted by Crippen LogP contribution is -2.38. The van der Waals surface area contributed by atoms with Crippen molar-refractivity contribution in [1.29, 1.82) is 0 Å². The third kappa shape index (κ3) is 6.84. The van der Waals surface area contributed by atoms with E-state index >= 15 is 0 Å². The van der Waals surface area contributed by atoms with E-state index in [1.807, 2.05) is 87.0 Å². The molecule has 1 aromatic heterocycles. The maximum Gasteiger partial charge on any atom is 0.227 e. The number of para-hydroxylation sites is 1. The molecule has 1 aliphatic rings. The molecule has 0 saturated heterocycles. The first-order valence-electron chi connectivity index (χ1n) is 12.3. The van der Waals surface area contributed by atoms with E-state index in [-0.39, 0.29) is 5.60 Å². The summed E-state index contributed by atoms with van der Waals surface area (Å²) in [6.45, 7) is 9.51. The lowest BCUT2D eigenvalue weighted by molar-refractivity contribution is -0.0573. The zero-order valence-corrected chi connectivity index (χ0v) is 21.4. The van der Waals surface area contributed by atoms with Crippen molar-refractivity contribution >= 4 is 0 Å². The molecule has 1 aliphatic carbocycles. The molecule has 0 unspecified atom stereocenters. The molecular formula is C28H37N3O4. The van der Waals surface area contributed by atoms with Crippen molar-refractivity contribution < 1.29 is 19.3 Å². The van der Waals surface area contributed by atoms with E-state index in [2.05, 4.69) is 4.90 Å². The number of benzene rings is 2. The quantitative estimate of drug-likeness (QED) is 0.412. The van der Waals surface area contributed by atoms with Crippen LogP contribution < -0.4 is 9.47 Å². The molecule has 1 saturated carbocycles. The summed E-state index contributed by atoms with van der Waals surface area (Å²) in [5.74, 6) is 2.17. The van der Waals surface area contributed by atoms with Crippen LogP contribution in [0, 0.1) is 6.92 Å². The summed E-state index contributed by atoms with van der Waals surface area (Å²) < 4.78 is 19.4. The van der Waals surface area contributed by atoms with Gasteiger partial charge in [0.1, 0.15) is 11.5 Å². The molecule has 3 aromatic rings. The molecule has 1 fully saturated rings. The molecule has 0 bridgehead atoms. The van der Waals surface area contributed by atoms with E-state index < -0.39 is 6.10 Å². The first kappa shape index (κ1) is 25.2. The number of methoxy groups -OCH3 is 1. The molecule has 7 heteroatoms. The monoisotopic (exact) mass is 479 g/mol. The molecule has 0 spiro atoms. The third-order valence-electron chi connectivity index (χ3n) is 5.99. The van der Waals surface area contributed by atoms with Crippen molar-refractivity contribution in [3.8, 4) is 23.1 Å². The Morgan fingerprint density at radius 1 is 1.06 bits per heavy atom. The highest BCUT2D eigenvalue weighted by molar-refractivity contribution is 5.44. The summed E-state index contributed by atoms with van der Waals surface area (Å²) in [5, 5.41) is 15.6. The van der Waals surface area contributed by atoms with Gasteiger partial charge in [-0.25, -0.2) is 4.68 Å². The van der Waals surface area contributed by atoms with Crippen LogP contribution in [0.25, 0.3) is 5.69 Å². The Morgan fingerprint density at radius 3 is 2.31 bits per heavy atom. The smallest absolute Gasteiger partial charge is 0.227 e. The zero-order chi connectivity index (χ0) is 25.0. The zero-order valence-electron chi connectivity index (χ0n) is 21.4. The number of aryl methyl sites for hydroxylation is 1. The highest BCUT2D eigenvalue weighted by atomic mass is 16.5. The average Bonchev–Trinajstić information content (AvgIpc) is 3.64. The Bertz CT molecular complexity index is 1090. The number of hydrogen-bond acceptors (Lipinski definition) is 6. The van der Waals surface area contributed by atoms with E-state index in [0.717, 1.165) is 35.5 Å². The minimum absolute atomic E-state index is 0.280. The van der Waals surface area contributed by atoms with Crippen LogP contribution in [0.5, 0.6) is 17.4 Å². The molecule has 1 N–H and O–H groups in total. The van der Waals surface area contributed by atoms with E-state index in [1.54, 1.807) is 7.11 Å². The lowest BCUT2D eigenvalue weighted by Gasteiger charge is -2.27. The Kier molecular flexibility index (Phi) is 7.79. The van der Waals surface area contributed by atoms with Crippen LogP contribution in [0.3, 0.4) is 0 Å². The predicted molar refractivity (Wildman–Crippen MR) is 137 cm³/mol. The number of aromatic nitrogens is 2. The van der Waals surface area contributed by atoms with Gasteiger partial charge in [0, 0.05) is 19.1 Å². The van der Waals surface area contributed by atoms with Crippen molar-refractivity contribution in [2.24, 2.45) is 0 Å². The van der Waals surface area contributed by atoms with Gasteiger partial charge in [-0.1, -0.05) is 18.2 Å². The van der Waals surface area contributed by atoms with Crippen molar-refractivity contribution in [3.05, 3.63) is 65.9 Å². The molecule has 1 heterocycles. The first-order valence-corrected chi connectivity index (χ1v) is 12.3. The van der Waals surface area contributed by atoms with Crippen LogP contribution in [0.2, 0.25) is 0 Å². The molecule has 7 nitrogen and oxygen atoms in total. The number of rotatable bonds is 11. The fourth-order valence-electron chi connectivity index (χ4n) is 3.98. The van der Waals surface area contributed by atoms with Crippen LogP contribution in [-0.4, -0.2) is 57.8 Å². The van der Waals surface area contributed by atoms with Crippen molar-refractivity contribution in [1.82, 2.24) is 14.7 Å². The van der Waals surface area contributed by atoms with Crippen molar-refractivity contribution in [2.75, 3.05) is 20.3 Å². The summed E-state index contributed by atoms with van der Waals surface area (Å²) in [7, 11) is 1.65. The van der Waals surface area contributed by atoms with Gasteiger partial charge in [-0.15, -0.1) is 0 Å². The summed E-state index contributed by atoms with van der Waals surface area (Å²) >= 11 is 0. The highest BCUT2D eigenvalue weighted by Gasteiger charge is 2.33. The van der Waals surface area contributed by atoms with Crippen LogP contribution in [0.15, 0.2) is 54.6 Å². The molecule has 0 aliphatic heterocycles. The molecular weight excluding hydrogens is 442 g/mol. The summed E-state index contributed by atoms with van der Waals surface area (Å²) in [5.41, 5.74) is 2.57. The molecule has 0 radical (unpaired) electrons. The number of hydrogen-bond donors (Lipinski definition) is 1. The third-order valence-corrected chi connectivity index (χ3v) is 5.99. The summed E-state index contributed by atoms with van der Waals surface area (Å²) in [6.07, 6.45) is 1.70. The van der Waals surface area contributed by atoms with Gasteiger partial charge in [0.25, 0.3) is 0 Å². The Balaban J connectivity index is 1.61. The van der Waals surface area contributed by atoms with Crippen LogP contribution in [-0.2, 0) is 11.3 Å². The minimum Gasteiger partial charge on any atom is -0.497 e. The van der Waals surface area contributed by atoms with Gasteiger partial charge in [0.05, 0.1) is 42.4 Å².